The average molecular weight is 619 g/mol. The van der Waals surface area contributed by atoms with Crippen LogP contribution in [0.1, 0.15) is 28.6 Å². The van der Waals surface area contributed by atoms with Gasteiger partial charge in [-0.05, 0) is 42.3 Å². The molecule has 1 N–H and O–H groups in total. The third kappa shape index (κ3) is 4.66. The van der Waals surface area contributed by atoms with Gasteiger partial charge in [0.2, 0.25) is 5.13 Å². The van der Waals surface area contributed by atoms with Crippen molar-refractivity contribution < 1.29 is 14.7 Å². The van der Waals surface area contributed by atoms with Crippen molar-refractivity contribution in [3.05, 3.63) is 112 Å². The molecule has 0 spiro atoms. The van der Waals surface area contributed by atoms with Gasteiger partial charge in [0.05, 0.1) is 17.3 Å². The van der Waals surface area contributed by atoms with E-state index < -0.39 is 17.7 Å². The zero-order chi connectivity index (χ0) is 27.1. The number of hydrogen-bond acceptors (Lipinski definition) is 8. The van der Waals surface area contributed by atoms with Crippen LogP contribution < -0.4 is 4.90 Å². The van der Waals surface area contributed by atoms with Crippen LogP contribution in [0.3, 0.4) is 0 Å². The van der Waals surface area contributed by atoms with Crippen molar-refractivity contribution in [2.45, 2.75) is 23.1 Å². The Morgan fingerprint density at radius 3 is 2.54 bits per heavy atom. The molecule has 8 nitrogen and oxygen atoms in total. The number of imidazole rings is 1. The fraction of sp³-hybridized carbons (Fsp3) is 0.107. The number of halogens is 1. The fourth-order valence-electron chi connectivity index (χ4n) is 4.59. The smallest absolute Gasteiger partial charge is 0.301 e. The maximum absolute atomic E-state index is 13.5. The zero-order valence-electron chi connectivity index (χ0n) is 20.5. The topological polar surface area (TPSA) is 101 Å². The summed E-state index contributed by atoms with van der Waals surface area (Å²) in [5, 5.41) is 20.5. The number of amides is 1. The number of ketones is 1. The summed E-state index contributed by atoms with van der Waals surface area (Å²) in [4.78, 5) is 32.9. The Hall–Kier alpha value is -3.80. The van der Waals surface area contributed by atoms with Gasteiger partial charge in [-0.2, -0.15) is 0 Å². The number of carbonyl (C=O) groups is 2. The molecule has 1 amide bonds. The van der Waals surface area contributed by atoms with E-state index in [1.807, 2.05) is 72.8 Å². The second kappa shape index (κ2) is 10.4. The first-order valence-electron chi connectivity index (χ1n) is 11.9. The molecular weight excluding hydrogens is 598 g/mol. The van der Waals surface area contributed by atoms with Crippen molar-refractivity contribution in [2.75, 3.05) is 4.90 Å². The molecule has 0 saturated carbocycles. The number of anilines is 1. The molecule has 1 fully saturated rings. The lowest BCUT2D eigenvalue weighted by atomic mass is 9.96. The van der Waals surface area contributed by atoms with Gasteiger partial charge in [-0.25, -0.2) is 4.98 Å². The Kier molecular flexibility index (Phi) is 6.79. The van der Waals surface area contributed by atoms with Crippen molar-refractivity contribution in [2.24, 2.45) is 0 Å². The molecule has 1 saturated heterocycles. The standard InChI is InChI=1S/C28H20BrN5O3S2/c1-16-22(33-14-6-5-9-20(33)30-16)24(35)21-23(18-10-12-19(29)13-11-18)34(26(37)25(21)36)27-31-32-28(39-27)38-15-17-7-3-2-4-8-17/h2-14,23,35H,15H2,1H3/b24-21+. The normalized spacial score (nSPS) is 16.9. The molecule has 6 rings (SSSR count). The van der Waals surface area contributed by atoms with Gasteiger partial charge >= 0.3 is 5.91 Å². The number of carbonyl (C=O) groups excluding carboxylic acids is 2. The van der Waals surface area contributed by atoms with Gasteiger partial charge in [0, 0.05) is 16.4 Å². The Bertz CT molecular complexity index is 1750. The molecule has 194 valence electrons. The van der Waals surface area contributed by atoms with Crippen LogP contribution in [-0.2, 0) is 15.3 Å². The molecular formula is C28H20BrN5O3S2. The Morgan fingerprint density at radius 1 is 1.03 bits per heavy atom. The molecule has 39 heavy (non-hydrogen) atoms. The van der Waals surface area contributed by atoms with Gasteiger partial charge in [0.15, 0.2) is 10.1 Å². The Morgan fingerprint density at radius 2 is 1.77 bits per heavy atom. The summed E-state index contributed by atoms with van der Waals surface area (Å²) in [6.07, 6.45) is 1.76. The van der Waals surface area contributed by atoms with Crippen LogP contribution in [0.5, 0.6) is 0 Å². The number of aliphatic hydroxyl groups is 1. The maximum atomic E-state index is 13.5. The molecule has 0 aliphatic carbocycles. The van der Waals surface area contributed by atoms with E-state index in [1.54, 1.807) is 17.5 Å². The molecule has 1 unspecified atom stereocenters. The number of aryl methyl sites for hydroxylation is 1. The predicted octanol–water partition coefficient (Wildman–Crippen LogP) is 6.18. The van der Waals surface area contributed by atoms with Gasteiger partial charge in [-0.1, -0.05) is 87.6 Å². The number of aromatic nitrogens is 4. The van der Waals surface area contributed by atoms with Crippen LogP contribution in [0.25, 0.3) is 11.4 Å². The average Bonchev–Trinajstić information content (AvgIpc) is 3.62. The van der Waals surface area contributed by atoms with E-state index in [-0.39, 0.29) is 16.5 Å². The van der Waals surface area contributed by atoms with Gasteiger partial charge in [-0.15, -0.1) is 10.2 Å². The van der Waals surface area contributed by atoms with Crippen LogP contribution in [0.15, 0.2) is 93.4 Å². The molecule has 11 heteroatoms. The summed E-state index contributed by atoms with van der Waals surface area (Å²) < 4.78 is 3.22. The molecule has 1 atom stereocenters. The van der Waals surface area contributed by atoms with Crippen molar-refractivity contribution in [1.29, 1.82) is 0 Å². The first-order valence-corrected chi connectivity index (χ1v) is 14.5. The minimum Gasteiger partial charge on any atom is -0.505 e. The number of thioether (sulfide) groups is 1. The molecule has 4 heterocycles. The summed E-state index contributed by atoms with van der Waals surface area (Å²) in [6, 6.07) is 21.8. The molecule has 0 bridgehead atoms. The van der Waals surface area contributed by atoms with E-state index in [1.165, 1.54) is 28.0 Å². The SMILES string of the molecule is Cc1nc2ccccn2c1/C(O)=C1\C(=O)C(=O)N(c2nnc(SCc3ccccc3)s2)C1c1ccc(Br)cc1. The van der Waals surface area contributed by atoms with Crippen LogP contribution in [0, 0.1) is 6.92 Å². The molecule has 5 aromatic rings. The van der Waals surface area contributed by atoms with Crippen LogP contribution in [0.4, 0.5) is 5.13 Å². The zero-order valence-corrected chi connectivity index (χ0v) is 23.7. The van der Waals surface area contributed by atoms with Crippen LogP contribution >= 0.6 is 39.0 Å². The quantitative estimate of drug-likeness (QED) is 0.0798. The first kappa shape index (κ1) is 25.5. The maximum Gasteiger partial charge on any atom is 0.301 e. The molecule has 0 radical (unpaired) electrons. The number of nitrogens with zero attached hydrogens (tertiary/aromatic N) is 5. The van der Waals surface area contributed by atoms with Crippen LogP contribution in [0.2, 0.25) is 0 Å². The lowest BCUT2D eigenvalue weighted by Crippen LogP contribution is -2.29. The third-order valence-electron chi connectivity index (χ3n) is 6.37. The highest BCUT2D eigenvalue weighted by Gasteiger charge is 2.48. The fourth-order valence-corrected chi connectivity index (χ4v) is 6.68. The van der Waals surface area contributed by atoms with E-state index in [0.717, 1.165) is 10.0 Å². The van der Waals surface area contributed by atoms with E-state index in [2.05, 4.69) is 31.1 Å². The molecule has 1 aliphatic heterocycles. The van der Waals surface area contributed by atoms with E-state index in [0.29, 0.717) is 32.7 Å². The number of hydrogen-bond donors (Lipinski definition) is 1. The highest BCUT2D eigenvalue weighted by molar-refractivity contribution is 9.10. The molecule has 3 aromatic heterocycles. The van der Waals surface area contributed by atoms with E-state index >= 15 is 0 Å². The first-order chi connectivity index (χ1) is 18.9. The third-order valence-corrected chi connectivity index (χ3v) is 9.02. The minimum atomic E-state index is -0.897. The van der Waals surface area contributed by atoms with Crippen molar-refractivity contribution in [3.8, 4) is 0 Å². The highest BCUT2D eigenvalue weighted by atomic mass is 79.9. The van der Waals surface area contributed by atoms with Gasteiger partial charge in [0.25, 0.3) is 5.78 Å². The summed E-state index contributed by atoms with van der Waals surface area (Å²) in [5.74, 6) is -1.16. The van der Waals surface area contributed by atoms with Crippen LogP contribution in [-0.4, -0.2) is 36.4 Å². The minimum absolute atomic E-state index is 0.0234. The number of rotatable bonds is 6. The second-order valence-corrected chi connectivity index (χ2v) is 11.9. The van der Waals surface area contributed by atoms with Gasteiger partial charge < -0.3 is 5.11 Å². The van der Waals surface area contributed by atoms with Gasteiger partial charge in [0.1, 0.15) is 11.3 Å². The summed E-state index contributed by atoms with van der Waals surface area (Å²) >= 11 is 6.19. The Balaban J connectivity index is 1.45. The summed E-state index contributed by atoms with van der Waals surface area (Å²) in [5.41, 5.74) is 3.29. The molecule has 1 aliphatic rings. The Labute approximate surface area is 240 Å². The number of aliphatic hydroxyl groups excluding tert-OH is 1. The number of fused-ring (bicyclic) bond motifs is 1. The lowest BCUT2D eigenvalue weighted by Gasteiger charge is -2.22. The van der Waals surface area contributed by atoms with Gasteiger partial charge in [-0.3, -0.25) is 18.9 Å². The largest absolute Gasteiger partial charge is 0.505 e. The van der Waals surface area contributed by atoms with Crippen molar-refractivity contribution in [3.63, 3.8) is 0 Å². The lowest BCUT2D eigenvalue weighted by molar-refractivity contribution is -0.132. The van der Waals surface area contributed by atoms with E-state index in [9.17, 15) is 14.7 Å². The summed E-state index contributed by atoms with van der Waals surface area (Å²) in [6.45, 7) is 1.76. The van der Waals surface area contributed by atoms with Crippen molar-refractivity contribution in [1.82, 2.24) is 19.6 Å². The number of benzene rings is 2. The predicted molar refractivity (Wildman–Crippen MR) is 155 cm³/mol. The van der Waals surface area contributed by atoms with E-state index in [4.69, 9.17) is 0 Å². The second-order valence-electron chi connectivity index (χ2n) is 8.82. The number of Topliss-reactive ketones (excluding diaryl/α,β-unsaturated/α-hetero) is 1. The summed E-state index contributed by atoms with van der Waals surface area (Å²) in [7, 11) is 0. The highest BCUT2D eigenvalue weighted by Crippen LogP contribution is 2.44. The molecule has 2 aromatic carbocycles. The number of pyridine rings is 1. The van der Waals surface area contributed by atoms with Crippen molar-refractivity contribution >= 4 is 67.3 Å². The monoisotopic (exact) mass is 617 g/mol.